The van der Waals surface area contributed by atoms with Crippen molar-refractivity contribution in [1.29, 1.82) is 0 Å². The molecular weight excluding hydrogens is 162 g/mol. The van der Waals surface area contributed by atoms with E-state index in [0.29, 0.717) is 5.56 Å². The topological polar surface area (TPSA) is 32.9 Å². The van der Waals surface area contributed by atoms with Crippen LogP contribution in [-0.4, -0.2) is 4.98 Å². The lowest BCUT2D eigenvalue weighted by Crippen LogP contribution is -2.06. The van der Waals surface area contributed by atoms with Gasteiger partial charge in [-0.05, 0) is 23.8 Å². The maximum absolute atomic E-state index is 11.4. The molecule has 0 saturated heterocycles. The van der Waals surface area contributed by atoms with Crippen molar-refractivity contribution in [2.45, 2.75) is 0 Å². The Morgan fingerprint density at radius 3 is 2.62 bits per heavy atom. The minimum atomic E-state index is -0.0614. The highest BCUT2D eigenvalue weighted by molar-refractivity contribution is 5.61. The van der Waals surface area contributed by atoms with Crippen LogP contribution in [0.4, 0.5) is 0 Å². The zero-order chi connectivity index (χ0) is 9.10. The van der Waals surface area contributed by atoms with Crippen molar-refractivity contribution in [2.75, 3.05) is 0 Å². The summed E-state index contributed by atoms with van der Waals surface area (Å²) in [6, 6.07) is 13.8. The van der Waals surface area contributed by atoms with E-state index in [9.17, 15) is 4.79 Å². The summed E-state index contributed by atoms with van der Waals surface area (Å²) in [6.07, 6.45) is 1.63. The molecular formula is C11H8NO. The van der Waals surface area contributed by atoms with Crippen LogP contribution in [0, 0.1) is 6.07 Å². The molecule has 0 amide bonds. The number of benzene rings is 1. The predicted octanol–water partition coefficient (Wildman–Crippen LogP) is 1.84. The van der Waals surface area contributed by atoms with Crippen LogP contribution < -0.4 is 5.56 Å². The molecule has 1 aromatic heterocycles. The summed E-state index contributed by atoms with van der Waals surface area (Å²) in [7, 11) is 0. The van der Waals surface area contributed by atoms with Crippen LogP contribution in [0.15, 0.2) is 47.4 Å². The van der Waals surface area contributed by atoms with Gasteiger partial charge in [-0.2, -0.15) is 0 Å². The largest absolute Gasteiger partial charge is 0.329 e. The molecule has 0 aliphatic rings. The average molecular weight is 170 g/mol. The quantitative estimate of drug-likeness (QED) is 0.696. The van der Waals surface area contributed by atoms with Gasteiger partial charge in [0.15, 0.2) is 0 Å². The van der Waals surface area contributed by atoms with Crippen molar-refractivity contribution in [2.24, 2.45) is 0 Å². The van der Waals surface area contributed by atoms with Crippen LogP contribution in [0.1, 0.15) is 0 Å². The lowest BCUT2D eigenvalue weighted by Gasteiger charge is -1.97. The average Bonchev–Trinajstić information content (AvgIpc) is 2.20. The van der Waals surface area contributed by atoms with E-state index in [0.717, 1.165) is 5.56 Å². The standard InChI is InChI=1S/C11H8NO/c13-11-10(7-4-8-12-11)9-5-2-1-3-6-9/h2-8H,(H,12,13). The summed E-state index contributed by atoms with van der Waals surface area (Å²) < 4.78 is 0. The van der Waals surface area contributed by atoms with Gasteiger partial charge in [0.05, 0.1) is 0 Å². The summed E-state index contributed by atoms with van der Waals surface area (Å²) in [5.41, 5.74) is 1.55. The van der Waals surface area contributed by atoms with E-state index in [2.05, 4.69) is 11.1 Å². The van der Waals surface area contributed by atoms with E-state index in [1.54, 1.807) is 24.4 Å². The number of H-pyrrole nitrogens is 1. The van der Waals surface area contributed by atoms with E-state index >= 15 is 0 Å². The molecule has 0 saturated carbocycles. The number of hydrogen-bond donors (Lipinski definition) is 1. The van der Waals surface area contributed by atoms with E-state index in [1.807, 2.05) is 18.2 Å². The van der Waals surface area contributed by atoms with Crippen molar-refractivity contribution in [3.8, 4) is 11.1 Å². The molecule has 0 bridgehead atoms. The molecule has 0 atom stereocenters. The van der Waals surface area contributed by atoms with Gasteiger partial charge in [-0.25, -0.2) is 0 Å². The molecule has 0 unspecified atom stereocenters. The fourth-order valence-electron chi connectivity index (χ4n) is 1.22. The Morgan fingerprint density at radius 2 is 1.92 bits per heavy atom. The summed E-state index contributed by atoms with van der Waals surface area (Å²) in [5.74, 6) is 0. The van der Waals surface area contributed by atoms with Crippen molar-refractivity contribution in [3.05, 3.63) is 59.0 Å². The second kappa shape index (κ2) is 3.27. The van der Waals surface area contributed by atoms with Gasteiger partial charge in [0.25, 0.3) is 5.56 Å². The summed E-state index contributed by atoms with van der Waals surface area (Å²) in [5, 5.41) is 0. The van der Waals surface area contributed by atoms with Gasteiger partial charge in [0, 0.05) is 11.8 Å². The van der Waals surface area contributed by atoms with Gasteiger partial charge in [0.1, 0.15) is 0 Å². The van der Waals surface area contributed by atoms with Crippen molar-refractivity contribution >= 4 is 0 Å². The molecule has 2 aromatic rings. The number of hydrogen-bond acceptors (Lipinski definition) is 1. The molecule has 0 aliphatic heterocycles. The maximum Gasteiger partial charge on any atom is 0.255 e. The fourth-order valence-corrected chi connectivity index (χ4v) is 1.22. The van der Waals surface area contributed by atoms with Crippen LogP contribution in [0.2, 0.25) is 0 Å². The molecule has 2 nitrogen and oxygen atoms in total. The van der Waals surface area contributed by atoms with Gasteiger partial charge >= 0.3 is 0 Å². The first-order chi connectivity index (χ1) is 6.38. The van der Waals surface area contributed by atoms with E-state index in [1.165, 1.54) is 0 Å². The highest BCUT2D eigenvalue weighted by atomic mass is 16.1. The Kier molecular flexibility index (Phi) is 1.96. The van der Waals surface area contributed by atoms with E-state index < -0.39 is 0 Å². The van der Waals surface area contributed by atoms with Gasteiger partial charge in [-0.1, -0.05) is 24.3 Å². The highest BCUT2D eigenvalue weighted by Crippen LogP contribution is 2.12. The Labute approximate surface area is 75.9 Å². The molecule has 0 fully saturated rings. The fraction of sp³-hybridized carbons (Fsp3) is 0. The number of pyridine rings is 1. The Hall–Kier alpha value is -1.83. The van der Waals surface area contributed by atoms with Gasteiger partial charge in [-0.3, -0.25) is 4.79 Å². The third kappa shape index (κ3) is 1.51. The molecule has 63 valence electrons. The zero-order valence-electron chi connectivity index (χ0n) is 6.95. The van der Waals surface area contributed by atoms with Crippen LogP contribution in [0.5, 0.6) is 0 Å². The molecule has 1 heterocycles. The third-order valence-corrected chi connectivity index (χ3v) is 1.85. The molecule has 0 spiro atoms. The summed E-state index contributed by atoms with van der Waals surface area (Å²) >= 11 is 0. The normalized spacial score (nSPS) is 9.85. The van der Waals surface area contributed by atoms with Crippen molar-refractivity contribution < 1.29 is 0 Å². The van der Waals surface area contributed by atoms with Gasteiger partial charge in [-0.15, -0.1) is 0 Å². The first-order valence-electron chi connectivity index (χ1n) is 4.02. The molecule has 1 radical (unpaired) electrons. The molecule has 2 rings (SSSR count). The van der Waals surface area contributed by atoms with E-state index in [-0.39, 0.29) is 5.56 Å². The lowest BCUT2D eigenvalue weighted by atomic mass is 10.1. The van der Waals surface area contributed by atoms with E-state index in [4.69, 9.17) is 0 Å². The Balaban J connectivity index is 2.60. The molecule has 0 aliphatic carbocycles. The zero-order valence-corrected chi connectivity index (χ0v) is 6.95. The van der Waals surface area contributed by atoms with Crippen LogP contribution in [0.3, 0.4) is 0 Å². The second-order valence-corrected chi connectivity index (χ2v) is 2.70. The Morgan fingerprint density at radius 1 is 1.15 bits per heavy atom. The molecule has 13 heavy (non-hydrogen) atoms. The van der Waals surface area contributed by atoms with Crippen LogP contribution in [-0.2, 0) is 0 Å². The first-order valence-corrected chi connectivity index (χ1v) is 4.02. The lowest BCUT2D eigenvalue weighted by molar-refractivity contribution is 1.24. The number of aromatic amines is 1. The smallest absolute Gasteiger partial charge is 0.255 e. The molecule has 1 N–H and O–H groups in total. The molecule has 2 heteroatoms. The highest BCUT2D eigenvalue weighted by Gasteiger charge is 1.99. The summed E-state index contributed by atoms with van der Waals surface area (Å²) in [6.45, 7) is 0. The minimum Gasteiger partial charge on any atom is -0.329 e. The van der Waals surface area contributed by atoms with Crippen LogP contribution in [0.25, 0.3) is 11.1 Å². The van der Waals surface area contributed by atoms with Crippen molar-refractivity contribution in [1.82, 2.24) is 4.98 Å². The SMILES string of the molecule is O=c1[nH]cccc1-c1cc[c]cc1. The number of rotatable bonds is 1. The monoisotopic (exact) mass is 170 g/mol. The minimum absolute atomic E-state index is 0.0614. The predicted molar refractivity (Wildman–Crippen MR) is 51.3 cm³/mol. The van der Waals surface area contributed by atoms with Gasteiger partial charge < -0.3 is 4.98 Å². The third-order valence-electron chi connectivity index (χ3n) is 1.85. The van der Waals surface area contributed by atoms with Crippen LogP contribution >= 0.6 is 0 Å². The number of nitrogens with one attached hydrogen (secondary N) is 1. The number of aromatic nitrogens is 1. The van der Waals surface area contributed by atoms with Gasteiger partial charge in [0.2, 0.25) is 0 Å². The van der Waals surface area contributed by atoms with Crippen molar-refractivity contribution in [3.63, 3.8) is 0 Å². The Bertz CT molecular complexity index is 445. The molecule has 1 aromatic carbocycles. The second-order valence-electron chi connectivity index (χ2n) is 2.70. The first kappa shape index (κ1) is 7.80. The summed E-state index contributed by atoms with van der Waals surface area (Å²) in [4.78, 5) is 14.0. The maximum atomic E-state index is 11.4.